The van der Waals surface area contributed by atoms with Crippen LogP contribution in [0.1, 0.15) is 41.6 Å². The predicted octanol–water partition coefficient (Wildman–Crippen LogP) is 5.34. The maximum Gasteiger partial charge on any atom is 0.416 e. The molecule has 0 bridgehead atoms. The number of nitrogens with one attached hydrogen (secondary N) is 1. The van der Waals surface area contributed by atoms with Crippen LogP contribution in [0.2, 0.25) is 0 Å². The lowest BCUT2D eigenvalue weighted by Gasteiger charge is -2.21. The Morgan fingerprint density at radius 2 is 2.06 bits per heavy atom. The van der Waals surface area contributed by atoms with Gasteiger partial charge in [-0.05, 0) is 49.1 Å². The van der Waals surface area contributed by atoms with E-state index in [0.29, 0.717) is 41.4 Å². The molecule has 9 heteroatoms. The summed E-state index contributed by atoms with van der Waals surface area (Å²) < 4.78 is 50.9. The standard InChI is InChI=1S/C23H23F3N4O2/c1-13-16(5-4-6-19(13)23(24,25)26)14(2)28-21-18-11-17(15-7-9-32-10-8-15)22(31-3)29-20(18)12-27-30-21/h4-7,11-12,14H,8-10H2,1-3H3,(H,28,30)/t14-/m1/s1. The van der Waals surface area contributed by atoms with E-state index in [1.165, 1.54) is 19.2 Å². The van der Waals surface area contributed by atoms with Gasteiger partial charge in [0.1, 0.15) is 0 Å². The molecule has 3 aromatic rings. The highest BCUT2D eigenvalue weighted by molar-refractivity contribution is 5.92. The highest BCUT2D eigenvalue weighted by Crippen LogP contribution is 2.36. The van der Waals surface area contributed by atoms with Crippen LogP contribution in [-0.4, -0.2) is 35.5 Å². The third-order valence-electron chi connectivity index (χ3n) is 5.61. The number of anilines is 1. The summed E-state index contributed by atoms with van der Waals surface area (Å²) in [5.74, 6) is 0.919. The summed E-state index contributed by atoms with van der Waals surface area (Å²) in [6.07, 6.45) is -0.160. The summed E-state index contributed by atoms with van der Waals surface area (Å²) in [4.78, 5) is 4.58. The molecule has 32 heavy (non-hydrogen) atoms. The topological polar surface area (TPSA) is 69.2 Å². The second-order valence-electron chi connectivity index (χ2n) is 7.61. The number of pyridine rings is 1. The molecule has 1 atom stereocenters. The van der Waals surface area contributed by atoms with Crippen molar-refractivity contribution in [3.05, 3.63) is 58.8 Å². The Labute approximate surface area is 183 Å². The van der Waals surface area contributed by atoms with E-state index in [-0.39, 0.29) is 5.56 Å². The zero-order chi connectivity index (χ0) is 22.9. The lowest BCUT2D eigenvalue weighted by Crippen LogP contribution is -2.14. The molecule has 1 aliphatic heterocycles. The highest BCUT2D eigenvalue weighted by Gasteiger charge is 2.33. The van der Waals surface area contributed by atoms with Gasteiger partial charge in [-0.3, -0.25) is 0 Å². The maximum atomic E-state index is 13.3. The van der Waals surface area contributed by atoms with Gasteiger partial charge in [0.05, 0.1) is 43.6 Å². The van der Waals surface area contributed by atoms with Crippen molar-refractivity contribution >= 4 is 22.3 Å². The van der Waals surface area contributed by atoms with Crippen LogP contribution in [0.4, 0.5) is 19.0 Å². The van der Waals surface area contributed by atoms with Crippen LogP contribution in [0.5, 0.6) is 5.88 Å². The number of alkyl halides is 3. The van der Waals surface area contributed by atoms with Gasteiger partial charge in [0, 0.05) is 10.9 Å². The van der Waals surface area contributed by atoms with Gasteiger partial charge in [-0.15, -0.1) is 5.10 Å². The monoisotopic (exact) mass is 444 g/mol. The summed E-state index contributed by atoms with van der Waals surface area (Å²) in [5, 5.41) is 12.1. The number of benzene rings is 1. The van der Waals surface area contributed by atoms with Crippen LogP contribution >= 0.6 is 0 Å². The van der Waals surface area contributed by atoms with Crippen molar-refractivity contribution in [3.63, 3.8) is 0 Å². The van der Waals surface area contributed by atoms with E-state index in [1.54, 1.807) is 20.1 Å². The summed E-state index contributed by atoms with van der Waals surface area (Å²) in [5.41, 5.74) is 2.54. The summed E-state index contributed by atoms with van der Waals surface area (Å²) in [6, 6.07) is 5.68. The van der Waals surface area contributed by atoms with Gasteiger partial charge in [-0.25, -0.2) is 4.98 Å². The number of fused-ring (bicyclic) bond motifs is 1. The summed E-state index contributed by atoms with van der Waals surface area (Å²) in [7, 11) is 1.56. The van der Waals surface area contributed by atoms with Crippen LogP contribution in [0.15, 0.2) is 36.5 Å². The van der Waals surface area contributed by atoms with Crippen LogP contribution in [-0.2, 0) is 10.9 Å². The van der Waals surface area contributed by atoms with Gasteiger partial charge in [-0.1, -0.05) is 18.2 Å². The van der Waals surface area contributed by atoms with Crippen molar-refractivity contribution in [1.29, 1.82) is 0 Å². The lowest BCUT2D eigenvalue weighted by molar-refractivity contribution is -0.138. The molecule has 4 rings (SSSR count). The minimum Gasteiger partial charge on any atom is -0.481 e. The number of nitrogens with zero attached hydrogens (tertiary/aromatic N) is 3. The van der Waals surface area contributed by atoms with Crippen molar-refractivity contribution < 1.29 is 22.6 Å². The fraction of sp³-hybridized carbons (Fsp3) is 0.348. The SMILES string of the molecule is COc1nc2cnnc(N[C@H](C)c3cccc(C(F)(F)F)c3C)c2cc1C1=CCOCC1. The molecule has 0 saturated carbocycles. The first-order chi connectivity index (χ1) is 15.3. The fourth-order valence-electron chi connectivity index (χ4n) is 3.97. The molecular formula is C23H23F3N4O2. The third-order valence-corrected chi connectivity index (χ3v) is 5.61. The number of halogens is 3. The molecule has 1 N–H and O–H groups in total. The summed E-state index contributed by atoms with van der Waals surface area (Å²) in [6.45, 7) is 4.40. The lowest BCUT2D eigenvalue weighted by atomic mass is 9.97. The number of rotatable bonds is 5. The molecule has 1 aliphatic rings. The van der Waals surface area contributed by atoms with Gasteiger partial charge < -0.3 is 14.8 Å². The Balaban J connectivity index is 1.75. The number of hydrogen-bond acceptors (Lipinski definition) is 6. The van der Waals surface area contributed by atoms with E-state index in [9.17, 15) is 13.2 Å². The minimum atomic E-state index is -4.41. The fourth-order valence-corrected chi connectivity index (χ4v) is 3.97. The normalized spacial score (nSPS) is 15.4. The Bertz CT molecular complexity index is 1180. The number of methoxy groups -OCH3 is 1. The first kappa shape index (κ1) is 22.0. The quantitative estimate of drug-likeness (QED) is 0.573. The number of hydrogen-bond donors (Lipinski definition) is 1. The molecule has 0 unspecified atom stereocenters. The molecule has 6 nitrogen and oxygen atoms in total. The third kappa shape index (κ3) is 4.25. The largest absolute Gasteiger partial charge is 0.481 e. The highest BCUT2D eigenvalue weighted by atomic mass is 19.4. The molecule has 0 radical (unpaired) electrons. The Hall–Kier alpha value is -3.20. The second kappa shape index (κ2) is 8.74. The molecular weight excluding hydrogens is 421 g/mol. The first-order valence-corrected chi connectivity index (χ1v) is 10.2. The van der Waals surface area contributed by atoms with Crippen LogP contribution in [0.25, 0.3) is 16.5 Å². The minimum absolute atomic E-state index is 0.182. The Kier molecular flexibility index (Phi) is 6.01. The molecule has 0 amide bonds. The van der Waals surface area contributed by atoms with Gasteiger partial charge >= 0.3 is 6.18 Å². The van der Waals surface area contributed by atoms with Crippen molar-refractivity contribution in [2.24, 2.45) is 0 Å². The summed E-state index contributed by atoms with van der Waals surface area (Å²) >= 11 is 0. The molecule has 0 aliphatic carbocycles. The van der Waals surface area contributed by atoms with E-state index in [1.807, 2.05) is 12.1 Å². The van der Waals surface area contributed by atoms with E-state index in [2.05, 4.69) is 20.5 Å². The molecule has 1 aromatic carbocycles. The zero-order valence-corrected chi connectivity index (χ0v) is 18.0. The molecule has 3 heterocycles. The average molecular weight is 444 g/mol. The van der Waals surface area contributed by atoms with Crippen molar-refractivity contribution in [2.45, 2.75) is 32.5 Å². The van der Waals surface area contributed by atoms with E-state index in [4.69, 9.17) is 9.47 Å². The van der Waals surface area contributed by atoms with Crippen LogP contribution in [0, 0.1) is 6.92 Å². The van der Waals surface area contributed by atoms with E-state index < -0.39 is 17.8 Å². The van der Waals surface area contributed by atoms with Crippen molar-refractivity contribution in [3.8, 4) is 5.88 Å². The smallest absolute Gasteiger partial charge is 0.416 e. The first-order valence-electron chi connectivity index (χ1n) is 10.2. The van der Waals surface area contributed by atoms with Crippen molar-refractivity contribution in [2.75, 3.05) is 25.6 Å². The van der Waals surface area contributed by atoms with E-state index in [0.717, 1.165) is 23.6 Å². The van der Waals surface area contributed by atoms with E-state index >= 15 is 0 Å². The molecule has 2 aromatic heterocycles. The second-order valence-corrected chi connectivity index (χ2v) is 7.61. The van der Waals surface area contributed by atoms with Crippen LogP contribution < -0.4 is 10.1 Å². The van der Waals surface area contributed by atoms with Gasteiger partial charge in [0.25, 0.3) is 0 Å². The van der Waals surface area contributed by atoms with Crippen LogP contribution in [0.3, 0.4) is 0 Å². The molecule has 168 valence electrons. The van der Waals surface area contributed by atoms with Gasteiger partial charge in [-0.2, -0.15) is 18.3 Å². The molecule has 0 spiro atoms. The number of aromatic nitrogens is 3. The van der Waals surface area contributed by atoms with Gasteiger partial charge in [0.2, 0.25) is 5.88 Å². The van der Waals surface area contributed by atoms with Gasteiger partial charge in [0.15, 0.2) is 5.82 Å². The number of ether oxygens (including phenoxy) is 2. The Morgan fingerprint density at radius 3 is 2.75 bits per heavy atom. The zero-order valence-electron chi connectivity index (χ0n) is 18.0. The molecule has 0 saturated heterocycles. The predicted molar refractivity (Wildman–Crippen MR) is 116 cm³/mol. The van der Waals surface area contributed by atoms with Crippen molar-refractivity contribution in [1.82, 2.24) is 15.2 Å². The average Bonchev–Trinajstić information content (AvgIpc) is 2.78. The Morgan fingerprint density at radius 1 is 1.25 bits per heavy atom. The maximum absolute atomic E-state index is 13.3. The molecule has 0 fully saturated rings.